The summed E-state index contributed by atoms with van der Waals surface area (Å²) < 4.78 is 6.06. The van der Waals surface area contributed by atoms with E-state index in [4.69, 9.17) is 16.0 Å². The molecule has 156 valence electrons. The van der Waals surface area contributed by atoms with E-state index in [0.717, 1.165) is 40.0 Å². The topological polar surface area (TPSA) is 59.2 Å². The summed E-state index contributed by atoms with van der Waals surface area (Å²) in [5.74, 6) is 1.50. The van der Waals surface area contributed by atoms with Crippen LogP contribution in [-0.2, 0) is 6.42 Å². The Labute approximate surface area is 185 Å². The zero-order chi connectivity index (χ0) is 21.2. The standard InChI is InChI=1S/C25H22ClN3O2/c26-22-10-4-2-7-18(22)14-20-15-28-24(31-20)19-8-5-13-29(16-19)25(30)23-21-9-3-1-6-17(21)11-12-27-23/h1-4,6-7,9-12,15,19H,5,8,13-14,16H2/t19-/m1/s1. The molecule has 0 N–H and O–H groups in total. The number of hydrogen-bond donors (Lipinski definition) is 0. The average Bonchev–Trinajstić information content (AvgIpc) is 3.28. The number of halogens is 1. The third-order valence-corrected chi connectivity index (χ3v) is 6.20. The number of benzene rings is 2. The van der Waals surface area contributed by atoms with Crippen molar-refractivity contribution in [2.24, 2.45) is 0 Å². The zero-order valence-electron chi connectivity index (χ0n) is 17.0. The van der Waals surface area contributed by atoms with Crippen molar-refractivity contribution < 1.29 is 9.21 Å². The van der Waals surface area contributed by atoms with Crippen LogP contribution in [0.5, 0.6) is 0 Å². The van der Waals surface area contributed by atoms with Gasteiger partial charge >= 0.3 is 0 Å². The number of pyridine rings is 1. The fourth-order valence-electron chi connectivity index (χ4n) is 4.23. The lowest BCUT2D eigenvalue weighted by atomic mass is 9.97. The van der Waals surface area contributed by atoms with Crippen molar-refractivity contribution >= 4 is 28.3 Å². The molecule has 5 nitrogen and oxygen atoms in total. The second-order valence-electron chi connectivity index (χ2n) is 7.90. The minimum atomic E-state index is -0.0376. The number of oxazole rings is 1. The van der Waals surface area contributed by atoms with Crippen LogP contribution in [0, 0.1) is 0 Å². The Hall–Kier alpha value is -3.18. The fraction of sp³-hybridized carbons (Fsp3) is 0.240. The van der Waals surface area contributed by atoms with Gasteiger partial charge in [-0.2, -0.15) is 0 Å². The van der Waals surface area contributed by atoms with Crippen molar-refractivity contribution in [3.05, 3.63) is 94.9 Å². The molecule has 1 aliphatic heterocycles. The molecule has 1 amide bonds. The zero-order valence-corrected chi connectivity index (χ0v) is 17.8. The van der Waals surface area contributed by atoms with Crippen LogP contribution in [0.15, 0.2) is 71.4 Å². The average molecular weight is 432 g/mol. The molecule has 0 spiro atoms. The van der Waals surface area contributed by atoms with Crippen molar-refractivity contribution in [1.29, 1.82) is 0 Å². The van der Waals surface area contributed by atoms with Gasteiger partial charge in [-0.3, -0.25) is 9.78 Å². The highest BCUT2D eigenvalue weighted by molar-refractivity contribution is 6.31. The predicted octanol–water partition coefficient (Wildman–Crippen LogP) is 5.49. The van der Waals surface area contributed by atoms with Crippen LogP contribution in [0.25, 0.3) is 10.8 Å². The van der Waals surface area contributed by atoms with E-state index in [2.05, 4.69) is 9.97 Å². The lowest BCUT2D eigenvalue weighted by Gasteiger charge is -2.31. The summed E-state index contributed by atoms with van der Waals surface area (Å²) in [4.78, 5) is 24.1. The highest BCUT2D eigenvalue weighted by Gasteiger charge is 2.29. The van der Waals surface area contributed by atoms with E-state index in [0.29, 0.717) is 31.1 Å². The summed E-state index contributed by atoms with van der Waals surface area (Å²) >= 11 is 6.27. The molecule has 0 bridgehead atoms. The number of aromatic nitrogens is 2. The number of carbonyl (C=O) groups excluding carboxylic acids is 1. The van der Waals surface area contributed by atoms with Crippen molar-refractivity contribution in [2.75, 3.05) is 13.1 Å². The van der Waals surface area contributed by atoms with Gasteiger partial charge in [0.05, 0.1) is 12.1 Å². The molecule has 1 aliphatic rings. The van der Waals surface area contributed by atoms with Crippen LogP contribution in [-0.4, -0.2) is 33.9 Å². The molecule has 3 heterocycles. The molecule has 6 heteroatoms. The van der Waals surface area contributed by atoms with E-state index < -0.39 is 0 Å². The van der Waals surface area contributed by atoms with E-state index in [1.807, 2.05) is 59.5 Å². The van der Waals surface area contributed by atoms with Gasteiger partial charge in [0.15, 0.2) is 5.89 Å². The lowest BCUT2D eigenvalue weighted by Crippen LogP contribution is -2.39. The van der Waals surface area contributed by atoms with Gasteiger partial charge in [-0.25, -0.2) is 4.98 Å². The van der Waals surface area contributed by atoms with Crippen molar-refractivity contribution in [2.45, 2.75) is 25.2 Å². The molecule has 1 atom stereocenters. The molecular formula is C25H22ClN3O2. The number of rotatable bonds is 4. The molecule has 0 unspecified atom stereocenters. The first-order valence-electron chi connectivity index (χ1n) is 10.5. The Balaban J connectivity index is 1.33. The number of piperidine rings is 1. The van der Waals surface area contributed by atoms with Gasteiger partial charge in [0.25, 0.3) is 5.91 Å². The molecule has 2 aromatic heterocycles. The summed E-state index contributed by atoms with van der Waals surface area (Å²) in [6, 6.07) is 17.5. The summed E-state index contributed by atoms with van der Waals surface area (Å²) in [5, 5.41) is 2.62. The van der Waals surface area contributed by atoms with Crippen molar-refractivity contribution in [3.63, 3.8) is 0 Å². The second kappa shape index (κ2) is 8.52. The van der Waals surface area contributed by atoms with E-state index >= 15 is 0 Å². The maximum absolute atomic E-state index is 13.3. The monoisotopic (exact) mass is 431 g/mol. The van der Waals surface area contributed by atoms with Gasteiger partial charge in [0, 0.05) is 36.1 Å². The lowest BCUT2D eigenvalue weighted by molar-refractivity contribution is 0.0694. The maximum Gasteiger partial charge on any atom is 0.273 e. The quantitative estimate of drug-likeness (QED) is 0.429. The van der Waals surface area contributed by atoms with Gasteiger partial charge in [-0.05, 0) is 35.9 Å². The predicted molar refractivity (Wildman–Crippen MR) is 120 cm³/mol. The van der Waals surface area contributed by atoms with E-state index in [9.17, 15) is 4.79 Å². The number of nitrogens with zero attached hydrogens (tertiary/aromatic N) is 3. The van der Waals surface area contributed by atoms with Crippen LogP contribution in [0.4, 0.5) is 0 Å². The fourth-order valence-corrected chi connectivity index (χ4v) is 4.43. The molecule has 5 rings (SSSR count). The molecule has 2 aromatic carbocycles. The molecular weight excluding hydrogens is 410 g/mol. The minimum Gasteiger partial charge on any atom is -0.445 e. The van der Waals surface area contributed by atoms with Crippen LogP contribution < -0.4 is 0 Å². The Morgan fingerprint density at radius 2 is 1.94 bits per heavy atom. The molecule has 0 radical (unpaired) electrons. The summed E-state index contributed by atoms with van der Waals surface area (Å²) in [5.41, 5.74) is 1.51. The van der Waals surface area contributed by atoms with E-state index in [-0.39, 0.29) is 11.8 Å². The molecule has 1 saturated heterocycles. The second-order valence-corrected chi connectivity index (χ2v) is 8.31. The van der Waals surface area contributed by atoms with Crippen LogP contribution in [0.3, 0.4) is 0 Å². The first kappa shape index (κ1) is 19.8. The normalized spacial score (nSPS) is 16.5. The first-order valence-corrected chi connectivity index (χ1v) is 10.9. The number of likely N-dealkylation sites (tertiary alicyclic amines) is 1. The third kappa shape index (κ3) is 4.06. The van der Waals surface area contributed by atoms with Gasteiger partial charge in [-0.15, -0.1) is 0 Å². The number of fused-ring (bicyclic) bond motifs is 1. The Morgan fingerprint density at radius 1 is 1.10 bits per heavy atom. The van der Waals surface area contributed by atoms with Gasteiger partial charge < -0.3 is 9.32 Å². The Kier molecular flexibility index (Phi) is 5.43. The SMILES string of the molecule is O=C(c1nccc2ccccc12)N1CCC[C@@H](c2ncc(Cc3ccccc3Cl)o2)C1. The van der Waals surface area contributed by atoms with E-state index in [1.54, 1.807) is 12.4 Å². The van der Waals surface area contributed by atoms with Gasteiger partial charge in [0.2, 0.25) is 0 Å². The molecule has 0 aliphatic carbocycles. The third-order valence-electron chi connectivity index (χ3n) is 5.83. The first-order chi connectivity index (χ1) is 15.2. The summed E-state index contributed by atoms with van der Waals surface area (Å²) in [6.45, 7) is 1.29. The summed E-state index contributed by atoms with van der Waals surface area (Å²) in [6.07, 6.45) is 5.92. The number of amides is 1. The van der Waals surface area contributed by atoms with Gasteiger partial charge in [0.1, 0.15) is 11.5 Å². The van der Waals surface area contributed by atoms with Crippen molar-refractivity contribution in [1.82, 2.24) is 14.9 Å². The highest BCUT2D eigenvalue weighted by Crippen LogP contribution is 2.29. The van der Waals surface area contributed by atoms with Crippen LogP contribution in [0.1, 0.15) is 46.5 Å². The van der Waals surface area contributed by atoms with Gasteiger partial charge in [-0.1, -0.05) is 54.1 Å². The minimum absolute atomic E-state index is 0.0376. The summed E-state index contributed by atoms with van der Waals surface area (Å²) in [7, 11) is 0. The van der Waals surface area contributed by atoms with Crippen LogP contribution in [0.2, 0.25) is 5.02 Å². The van der Waals surface area contributed by atoms with Crippen LogP contribution >= 0.6 is 11.6 Å². The molecule has 31 heavy (non-hydrogen) atoms. The number of hydrogen-bond acceptors (Lipinski definition) is 4. The van der Waals surface area contributed by atoms with E-state index in [1.165, 1.54) is 0 Å². The smallest absolute Gasteiger partial charge is 0.273 e. The molecule has 4 aromatic rings. The molecule has 1 fully saturated rings. The Bertz CT molecular complexity index is 1230. The highest BCUT2D eigenvalue weighted by atomic mass is 35.5. The van der Waals surface area contributed by atoms with Crippen molar-refractivity contribution in [3.8, 4) is 0 Å². The Morgan fingerprint density at radius 3 is 2.84 bits per heavy atom. The largest absolute Gasteiger partial charge is 0.445 e. The number of carbonyl (C=O) groups is 1. The maximum atomic E-state index is 13.3. The molecule has 0 saturated carbocycles.